The van der Waals surface area contributed by atoms with E-state index in [1.165, 1.54) is 0 Å². The van der Waals surface area contributed by atoms with Crippen LogP contribution < -0.4 is 15.4 Å². The highest BCUT2D eigenvalue weighted by Crippen LogP contribution is 2.27. The third-order valence-corrected chi connectivity index (χ3v) is 4.22. The molecule has 0 saturated carbocycles. The normalized spacial score (nSPS) is 9.95. The standard InChI is InChI=1S/C15H12BrIN2O2S/c1-21-13-6-5-11(8-12(13)16)18-15(22)19-14(20)9-3-2-4-10(17)7-9/h2-8H,1H3,(H2,18,19,20,22). The Morgan fingerprint density at radius 2 is 2.05 bits per heavy atom. The molecule has 2 rings (SSSR count). The van der Waals surface area contributed by atoms with Crippen LogP contribution in [-0.2, 0) is 0 Å². The van der Waals surface area contributed by atoms with E-state index in [0.29, 0.717) is 5.56 Å². The van der Waals surface area contributed by atoms with Gasteiger partial charge in [0.15, 0.2) is 5.11 Å². The number of carbonyl (C=O) groups is 1. The van der Waals surface area contributed by atoms with Crippen molar-refractivity contribution in [2.45, 2.75) is 0 Å². The lowest BCUT2D eigenvalue weighted by atomic mass is 10.2. The van der Waals surface area contributed by atoms with E-state index in [0.717, 1.165) is 19.5 Å². The summed E-state index contributed by atoms with van der Waals surface area (Å²) in [6.07, 6.45) is 0. The van der Waals surface area contributed by atoms with E-state index in [-0.39, 0.29) is 11.0 Å². The lowest BCUT2D eigenvalue weighted by molar-refractivity contribution is 0.0977. The van der Waals surface area contributed by atoms with Gasteiger partial charge in [0.25, 0.3) is 5.91 Å². The van der Waals surface area contributed by atoms with Gasteiger partial charge in [-0.2, -0.15) is 0 Å². The van der Waals surface area contributed by atoms with Crippen molar-refractivity contribution in [3.63, 3.8) is 0 Å². The fourth-order valence-electron chi connectivity index (χ4n) is 1.71. The first-order valence-electron chi connectivity index (χ1n) is 6.21. The maximum atomic E-state index is 12.1. The van der Waals surface area contributed by atoms with Crippen LogP contribution in [0.3, 0.4) is 0 Å². The number of carbonyl (C=O) groups excluding carboxylic acids is 1. The summed E-state index contributed by atoms with van der Waals surface area (Å²) in [7, 11) is 1.60. The summed E-state index contributed by atoms with van der Waals surface area (Å²) < 4.78 is 6.95. The van der Waals surface area contributed by atoms with Crippen molar-refractivity contribution in [1.29, 1.82) is 0 Å². The SMILES string of the molecule is COc1ccc(NC(=S)NC(=O)c2cccc(I)c2)cc1Br. The number of hydrogen-bond donors (Lipinski definition) is 2. The first-order chi connectivity index (χ1) is 10.5. The van der Waals surface area contributed by atoms with Gasteiger partial charge in [0, 0.05) is 14.8 Å². The fourth-order valence-corrected chi connectivity index (χ4v) is 3.01. The van der Waals surface area contributed by atoms with Crippen molar-refractivity contribution in [1.82, 2.24) is 5.32 Å². The Hall–Kier alpha value is -1.19. The van der Waals surface area contributed by atoms with Gasteiger partial charge in [0.1, 0.15) is 5.75 Å². The fraction of sp³-hybridized carbons (Fsp3) is 0.0667. The molecule has 0 aliphatic carbocycles. The zero-order valence-corrected chi connectivity index (χ0v) is 16.1. The van der Waals surface area contributed by atoms with E-state index in [1.807, 2.05) is 24.3 Å². The van der Waals surface area contributed by atoms with Gasteiger partial charge in [-0.1, -0.05) is 6.07 Å². The van der Waals surface area contributed by atoms with Crippen molar-refractivity contribution in [3.05, 3.63) is 56.1 Å². The minimum absolute atomic E-state index is 0.237. The predicted molar refractivity (Wildman–Crippen MR) is 104 cm³/mol. The largest absolute Gasteiger partial charge is 0.496 e. The molecule has 0 atom stereocenters. The monoisotopic (exact) mass is 490 g/mol. The van der Waals surface area contributed by atoms with Crippen molar-refractivity contribution in [3.8, 4) is 5.75 Å². The Kier molecular flexibility index (Phi) is 6.16. The molecule has 0 fully saturated rings. The van der Waals surface area contributed by atoms with E-state index in [1.54, 1.807) is 25.3 Å². The summed E-state index contributed by atoms with van der Waals surface area (Å²) in [5.41, 5.74) is 1.31. The number of halogens is 2. The average Bonchev–Trinajstić information content (AvgIpc) is 2.47. The number of benzene rings is 2. The lowest BCUT2D eigenvalue weighted by Crippen LogP contribution is -2.34. The van der Waals surface area contributed by atoms with Crippen molar-refractivity contribution in [2.24, 2.45) is 0 Å². The Morgan fingerprint density at radius 1 is 1.27 bits per heavy atom. The molecule has 0 radical (unpaired) electrons. The maximum absolute atomic E-state index is 12.1. The number of methoxy groups -OCH3 is 1. The van der Waals surface area contributed by atoms with Gasteiger partial charge in [-0.15, -0.1) is 0 Å². The van der Waals surface area contributed by atoms with Crippen LogP contribution in [0.1, 0.15) is 10.4 Å². The highest BCUT2D eigenvalue weighted by atomic mass is 127. The molecule has 114 valence electrons. The van der Waals surface area contributed by atoms with Crippen LogP contribution in [0.4, 0.5) is 5.69 Å². The lowest BCUT2D eigenvalue weighted by Gasteiger charge is -2.11. The Bertz CT molecular complexity index is 724. The van der Waals surface area contributed by atoms with E-state index >= 15 is 0 Å². The highest BCUT2D eigenvalue weighted by Gasteiger charge is 2.09. The molecule has 1 amide bonds. The maximum Gasteiger partial charge on any atom is 0.257 e. The van der Waals surface area contributed by atoms with Gasteiger partial charge < -0.3 is 10.1 Å². The van der Waals surface area contributed by atoms with Crippen molar-refractivity contribution < 1.29 is 9.53 Å². The average molecular weight is 491 g/mol. The third kappa shape index (κ3) is 4.65. The zero-order valence-electron chi connectivity index (χ0n) is 11.5. The summed E-state index contributed by atoms with van der Waals surface area (Å²) in [6, 6.07) is 12.7. The van der Waals surface area contributed by atoms with Crippen LogP contribution in [0, 0.1) is 3.57 Å². The minimum atomic E-state index is -0.247. The second kappa shape index (κ2) is 7.89. The number of rotatable bonds is 3. The van der Waals surface area contributed by atoms with Crippen LogP contribution in [0.5, 0.6) is 5.75 Å². The first-order valence-corrected chi connectivity index (χ1v) is 8.49. The highest BCUT2D eigenvalue weighted by molar-refractivity contribution is 14.1. The second-order valence-corrected chi connectivity index (χ2v) is 6.78. The van der Waals surface area contributed by atoms with Crippen molar-refractivity contribution in [2.75, 3.05) is 12.4 Å². The summed E-state index contributed by atoms with van der Waals surface area (Å²) in [6.45, 7) is 0. The molecule has 0 aromatic heterocycles. The number of thiocarbonyl (C=S) groups is 1. The van der Waals surface area contributed by atoms with Gasteiger partial charge >= 0.3 is 0 Å². The molecule has 0 heterocycles. The van der Waals surface area contributed by atoms with Crippen molar-refractivity contribution >= 4 is 67.4 Å². The van der Waals surface area contributed by atoms with E-state index in [4.69, 9.17) is 17.0 Å². The van der Waals surface area contributed by atoms with Crippen LogP contribution in [-0.4, -0.2) is 18.1 Å². The Morgan fingerprint density at radius 3 is 2.68 bits per heavy atom. The zero-order chi connectivity index (χ0) is 16.1. The number of ether oxygens (including phenoxy) is 1. The van der Waals surface area contributed by atoms with Gasteiger partial charge in [0.2, 0.25) is 0 Å². The molecule has 7 heteroatoms. The Balaban J connectivity index is 2.01. The minimum Gasteiger partial charge on any atom is -0.496 e. The summed E-state index contributed by atoms with van der Waals surface area (Å²) in [4.78, 5) is 12.1. The smallest absolute Gasteiger partial charge is 0.257 e. The third-order valence-electron chi connectivity index (χ3n) is 2.72. The van der Waals surface area contributed by atoms with Gasteiger partial charge in [-0.05, 0) is 87.1 Å². The molecule has 0 unspecified atom stereocenters. The summed E-state index contributed by atoms with van der Waals surface area (Å²) >= 11 is 10.7. The van der Waals surface area contributed by atoms with Crippen LogP contribution in [0.2, 0.25) is 0 Å². The van der Waals surface area contributed by atoms with E-state index in [2.05, 4.69) is 49.2 Å². The molecule has 0 aliphatic rings. The quantitative estimate of drug-likeness (QED) is 0.500. The molecule has 0 saturated heterocycles. The topological polar surface area (TPSA) is 50.4 Å². The summed E-state index contributed by atoms with van der Waals surface area (Å²) in [5, 5.41) is 5.85. The molecular formula is C15H12BrIN2O2S. The number of nitrogens with one attached hydrogen (secondary N) is 2. The number of anilines is 1. The van der Waals surface area contributed by atoms with E-state index in [9.17, 15) is 4.79 Å². The van der Waals surface area contributed by atoms with Gasteiger partial charge in [0.05, 0.1) is 11.6 Å². The number of amides is 1. The molecule has 2 N–H and O–H groups in total. The molecule has 2 aromatic rings. The molecule has 4 nitrogen and oxygen atoms in total. The van der Waals surface area contributed by atoms with Crippen LogP contribution in [0.15, 0.2) is 46.9 Å². The predicted octanol–water partition coefficient (Wildman–Crippen LogP) is 4.19. The Labute approximate surface area is 155 Å². The summed E-state index contributed by atoms with van der Waals surface area (Å²) in [5.74, 6) is 0.475. The van der Waals surface area contributed by atoms with E-state index < -0.39 is 0 Å². The van der Waals surface area contributed by atoms with Gasteiger partial charge in [-0.3, -0.25) is 10.1 Å². The molecular weight excluding hydrogens is 479 g/mol. The van der Waals surface area contributed by atoms with Crippen LogP contribution in [0.25, 0.3) is 0 Å². The molecule has 0 spiro atoms. The first kappa shape index (κ1) is 17.2. The molecule has 22 heavy (non-hydrogen) atoms. The molecule has 0 aliphatic heterocycles. The second-order valence-electron chi connectivity index (χ2n) is 4.27. The van der Waals surface area contributed by atoms with Gasteiger partial charge in [-0.25, -0.2) is 0 Å². The van der Waals surface area contributed by atoms with Crippen LogP contribution >= 0.6 is 50.7 Å². The number of hydrogen-bond acceptors (Lipinski definition) is 3. The molecule has 2 aromatic carbocycles. The molecule has 0 bridgehead atoms.